The standard InChI is InChI=1S/C14H17BrN2O2/c1-9(18)12-3-2-11(15)8-13(12)17-6-4-10(5-7-17)14(16)19/h2-3,8,10H,4-7H2,1H3,(H2,16,19). The van der Waals surface area contributed by atoms with Crippen LogP contribution in [-0.4, -0.2) is 24.8 Å². The maximum Gasteiger partial charge on any atom is 0.220 e. The number of halogens is 1. The molecule has 0 unspecified atom stereocenters. The minimum atomic E-state index is -0.222. The fourth-order valence-corrected chi connectivity index (χ4v) is 2.82. The number of nitrogens with zero attached hydrogens (tertiary/aromatic N) is 1. The minimum Gasteiger partial charge on any atom is -0.371 e. The second-order valence-corrected chi connectivity index (χ2v) is 5.80. The third-order valence-corrected chi connectivity index (χ3v) is 4.07. The Kier molecular flexibility index (Phi) is 4.24. The van der Waals surface area contributed by atoms with Gasteiger partial charge in [-0.2, -0.15) is 0 Å². The Balaban J connectivity index is 2.21. The van der Waals surface area contributed by atoms with Gasteiger partial charge < -0.3 is 10.6 Å². The Bertz CT molecular complexity index is 508. The van der Waals surface area contributed by atoms with Crippen molar-refractivity contribution in [3.63, 3.8) is 0 Å². The van der Waals surface area contributed by atoms with Crippen LogP contribution in [0.4, 0.5) is 5.69 Å². The number of nitrogens with two attached hydrogens (primary N) is 1. The number of carbonyl (C=O) groups excluding carboxylic acids is 2. The summed E-state index contributed by atoms with van der Waals surface area (Å²) in [5, 5.41) is 0. The van der Waals surface area contributed by atoms with Crippen molar-refractivity contribution in [3.05, 3.63) is 28.2 Å². The van der Waals surface area contributed by atoms with Crippen LogP contribution in [0, 0.1) is 5.92 Å². The van der Waals surface area contributed by atoms with Crippen LogP contribution >= 0.6 is 15.9 Å². The van der Waals surface area contributed by atoms with Crippen LogP contribution in [0.5, 0.6) is 0 Å². The maximum atomic E-state index is 11.7. The third-order valence-electron chi connectivity index (χ3n) is 3.58. The van der Waals surface area contributed by atoms with Gasteiger partial charge in [0.15, 0.2) is 5.78 Å². The first kappa shape index (κ1) is 14.1. The lowest BCUT2D eigenvalue weighted by molar-refractivity contribution is -0.122. The molecule has 1 saturated heterocycles. The van der Waals surface area contributed by atoms with E-state index < -0.39 is 0 Å². The van der Waals surface area contributed by atoms with Crippen LogP contribution in [0.15, 0.2) is 22.7 Å². The molecule has 0 aromatic heterocycles. The van der Waals surface area contributed by atoms with Crippen LogP contribution in [0.3, 0.4) is 0 Å². The van der Waals surface area contributed by atoms with Gasteiger partial charge in [0.05, 0.1) is 0 Å². The molecule has 1 heterocycles. The van der Waals surface area contributed by atoms with E-state index in [0.717, 1.165) is 41.7 Å². The maximum absolute atomic E-state index is 11.7. The normalized spacial score (nSPS) is 16.4. The number of benzene rings is 1. The van der Waals surface area contributed by atoms with E-state index in [-0.39, 0.29) is 17.6 Å². The number of rotatable bonds is 3. The molecule has 2 rings (SSSR count). The van der Waals surface area contributed by atoms with E-state index in [1.807, 2.05) is 18.2 Å². The van der Waals surface area contributed by atoms with Crippen LogP contribution in [0.25, 0.3) is 0 Å². The Hall–Kier alpha value is -1.36. The van der Waals surface area contributed by atoms with Crippen LogP contribution in [0.2, 0.25) is 0 Å². The van der Waals surface area contributed by atoms with E-state index in [2.05, 4.69) is 20.8 Å². The topological polar surface area (TPSA) is 63.4 Å². The molecule has 0 atom stereocenters. The molecule has 0 aliphatic carbocycles. The summed E-state index contributed by atoms with van der Waals surface area (Å²) in [6.45, 7) is 3.08. The van der Waals surface area contributed by atoms with Crippen molar-refractivity contribution in [1.29, 1.82) is 0 Å². The van der Waals surface area contributed by atoms with E-state index in [4.69, 9.17) is 5.73 Å². The Morgan fingerprint density at radius 1 is 1.32 bits per heavy atom. The number of carbonyl (C=O) groups is 2. The van der Waals surface area contributed by atoms with Gasteiger partial charge in [0.25, 0.3) is 0 Å². The highest BCUT2D eigenvalue weighted by Gasteiger charge is 2.25. The van der Waals surface area contributed by atoms with Gasteiger partial charge in [-0.1, -0.05) is 15.9 Å². The van der Waals surface area contributed by atoms with E-state index in [1.54, 1.807) is 6.92 Å². The first-order chi connectivity index (χ1) is 8.99. The van der Waals surface area contributed by atoms with Crippen molar-refractivity contribution in [2.24, 2.45) is 11.7 Å². The predicted molar refractivity (Wildman–Crippen MR) is 78.3 cm³/mol. The highest BCUT2D eigenvalue weighted by atomic mass is 79.9. The molecule has 19 heavy (non-hydrogen) atoms. The molecule has 0 bridgehead atoms. The van der Waals surface area contributed by atoms with Gasteiger partial charge >= 0.3 is 0 Å². The molecule has 5 heteroatoms. The van der Waals surface area contributed by atoms with Gasteiger partial charge in [-0.3, -0.25) is 9.59 Å². The first-order valence-corrected chi connectivity index (χ1v) is 7.13. The van der Waals surface area contributed by atoms with Crippen molar-refractivity contribution >= 4 is 33.3 Å². The van der Waals surface area contributed by atoms with Gasteiger partial charge in [-0.05, 0) is 38.0 Å². The van der Waals surface area contributed by atoms with Crippen molar-refractivity contribution in [2.45, 2.75) is 19.8 Å². The van der Waals surface area contributed by atoms with Gasteiger partial charge in [0, 0.05) is 34.7 Å². The largest absolute Gasteiger partial charge is 0.371 e. The zero-order chi connectivity index (χ0) is 14.0. The molecule has 1 fully saturated rings. The molecule has 1 aliphatic heterocycles. The molecule has 102 valence electrons. The number of hydrogen-bond donors (Lipinski definition) is 1. The smallest absolute Gasteiger partial charge is 0.220 e. The average molecular weight is 325 g/mol. The molecule has 1 amide bonds. The molecule has 0 spiro atoms. The van der Waals surface area contributed by atoms with Crippen molar-refractivity contribution in [1.82, 2.24) is 0 Å². The van der Waals surface area contributed by atoms with E-state index in [0.29, 0.717) is 0 Å². The van der Waals surface area contributed by atoms with E-state index >= 15 is 0 Å². The number of Topliss-reactive ketones (excluding diaryl/α,β-unsaturated/α-hetero) is 1. The van der Waals surface area contributed by atoms with E-state index in [9.17, 15) is 9.59 Å². The van der Waals surface area contributed by atoms with Gasteiger partial charge in [0.1, 0.15) is 0 Å². The van der Waals surface area contributed by atoms with Gasteiger partial charge in [0.2, 0.25) is 5.91 Å². The lowest BCUT2D eigenvalue weighted by Crippen LogP contribution is -2.39. The molecule has 4 nitrogen and oxygen atoms in total. The first-order valence-electron chi connectivity index (χ1n) is 6.34. The fourth-order valence-electron chi connectivity index (χ4n) is 2.47. The Labute approximate surface area is 121 Å². The quantitative estimate of drug-likeness (QED) is 0.868. The summed E-state index contributed by atoms with van der Waals surface area (Å²) in [6, 6.07) is 5.67. The highest BCUT2D eigenvalue weighted by molar-refractivity contribution is 9.10. The number of ketones is 1. The molecule has 0 radical (unpaired) electrons. The number of piperidine rings is 1. The van der Waals surface area contributed by atoms with Crippen LogP contribution in [-0.2, 0) is 4.79 Å². The summed E-state index contributed by atoms with van der Waals surface area (Å²) < 4.78 is 0.949. The zero-order valence-corrected chi connectivity index (χ0v) is 12.4. The fraction of sp³-hybridized carbons (Fsp3) is 0.429. The third kappa shape index (κ3) is 3.15. The predicted octanol–water partition coefficient (Wildman–Crippen LogP) is 2.35. The van der Waals surface area contributed by atoms with Gasteiger partial charge in [-0.15, -0.1) is 0 Å². The summed E-state index contributed by atoms with van der Waals surface area (Å²) >= 11 is 3.44. The Morgan fingerprint density at radius 2 is 1.95 bits per heavy atom. The number of hydrogen-bond acceptors (Lipinski definition) is 3. The summed E-state index contributed by atoms with van der Waals surface area (Å²) in [4.78, 5) is 25.0. The van der Waals surface area contributed by atoms with Crippen molar-refractivity contribution < 1.29 is 9.59 Å². The lowest BCUT2D eigenvalue weighted by Gasteiger charge is -2.33. The molecule has 1 aromatic carbocycles. The molecule has 2 N–H and O–H groups in total. The number of primary amides is 1. The summed E-state index contributed by atoms with van der Waals surface area (Å²) in [5.74, 6) is -0.204. The SMILES string of the molecule is CC(=O)c1ccc(Br)cc1N1CCC(C(N)=O)CC1. The number of anilines is 1. The highest BCUT2D eigenvalue weighted by Crippen LogP contribution is 2.29. The van der Waals surface area contributed by atoms with Gasteiger partial charge in [-0.25, -0.2) is 0 Å². The summed E-state index contributed by atoms with van der Waals surface area (Å²) in [5.41, 5.74) is 6.99. The Morgan fingerprint density at radius 3 is 2.47 bits per heavy atom. The van der Waals surface area contributed by atoms with Crippen molar-refractivity contribution in [2.75, 3.05) is 18.0 Å². The summed E-state index contributed by atoms with van der Waals surface area (Å²) in [7, 11) is 0. The van der Waals surface area contributed by atoms with Crippen molar-refractivity contribution in [3.8, 4) is 0 Å². The second-order valence-electron chi connectivity index (χ2n) is 4.88. The summed E-state index contributed by atoms with van der Waals surface area (Å²) in [6.07, 6.45) is 1.50. The minimum absolute atomic E-state index is 0.0378. The molecule has 1 aromatic rings. The zero-order valence-electron chi connectivity index (χ0n) is 10.9. The molecular formula is C14H17BrN2O2. The monoisotopic (exact) mass is 324 g/mol. The second kappa shape index (κ2) is 5.74. The molecular weight excluding hydrogens is 308 g/mol. The number of amides is 1. The van der Waals surface area contributed by atoms with Crippen LogP contribution < -0.4 is 10.6 Å². The lowest BCUT2D eigenvalue weighted by atomic mass is 9.95. The molecule has 0 saturated carbocycles. The molecule has 1 aliphatic rings. The van der Waals surface area contributed by atoms with Crippen LogP contribution in [0.1, 0.15) is 30.1 Å². The van der Waals surface area contributed by atoms with E-state index in [1.165, 1.54) is 0 Å². The average Bonchev–Trinajstić information content (AvgIpc) is 2.38.